The minimum absolute atomic E-state index is 0.728. The fourth-order valence-electron chi connectivity index (χ4n) is 1.92. The van der Waals surface area contributed by atoms with Gasteiger partial charge in [-0.15, -0.1) is 0 Å². The summed E-state index contributed by atoms with van der Waals surface area (Å²) in [6, 6.07) is 11.5. The molecule has 86 valence electrons. The van der Waals surface area contributed by atoms with E-state index in [-0.39, 0.29) is 0 Å². The van der Waals surface area contributed by atoms with Crippen LogP contribution in [0.5, 0.6) is 0 Å². The Bertz CT molecular complexity index is 777. The van der Waals surface area contributed by atoms with Gasteiger partial charge in [-0.2, -0.15) is 0 Å². The van der Waals surface area contributed by atoms with Gasteiger partial charge in [0.25, 0.3) is 0 Å². The van der Waals surface area contributed by atoms with Crippen molar-refractivity contribution < 1.29 is 9.26 Å². The minimum Gasteiger partial charge on any atom is -0.243 e. The smallest absolute Gasteiger partial charge is 0.135 e. The van der Waals surface area contributed by atoms with Crippen LogP contribution < -0.4 is 0 Å². The van der Waals surface area contributed by atoms with E-state index in [1.807, 2.05) is 36.4 Å². The van der Waals surface area contributed by atoms with E-state index in [1.54, 1.807) is 0 Å². The summed E-state index contributed by atoms with van der Waals surface area (Å²) in [5, 5.41) is 15.2. The van der Waals surface area contributed by atoms with Crippen LogP contribution in [0.3, 0.4) is 0 Å². The van der Waals surface area contributed by atoms with Gasteiger partial charge in [-0.1, -0.05) is 12.1 Å². The van der Waals surface area contributed by atoms with Gasteiger partial charge in [-0.05, 0) is 56.0 Å². The van der Waals surface area contributed by atoms with Crippen LogP contribution in [0.1, 0.15) is 0 Å². The molecule has 18 heavy (non-hydrogen) atoms. The van der Waals surface area contributed by atoms with Crippen molar-refractivity contribution in [2.75, 3.05) is 0 Å². The normalized spacial score (nSPS) is 11.3. The average Bonchev–Trinajstić information content (AvgIpc) is 3.05. The minimum atomic E-state index is 0.728. The second kappa shape index (κ2) is 3.36. The molecule has 2 heterocycles. The summed E-state index contributed by atoms with van der Waals surface area (Å²) in [6.45, 7) is 0. The Balaban J connectivity index is 1.93. The second-order valence-electron chi connectivity index (χ2n) is 3.94. The molecule has 0 unspecified atom stereocenters. The van der Waals surface area contributed by atoms with Gasteiger partial charge in [-0.25, -0.2) is 9.26 Å². The van der Waals surface area contributed by atoms with Crippen molar-refractivity contribution in [1.82, 2.24) is 20.6 Å². The molecule has 0 N–H and O–H groups in total. The van der Waals surface area contributed by atoms with E-state index in [1.165, 1.54) is 0 Å². The van der Waals surface area contributed by atoms with E-state index in [2.05, 4.69) is 29.9 Å². The van der Waals surface area contributed by atoms with Crippen LogP contribution >= 0.6 is 0 Å². The first-order valence-electron chi connectivity index (χ1n) is 5.35. The Morgan fingerprint density at radius 2 is 1.00 bits per heavy atom. The summed E-state index contributed by atoms with van der Waals surface area (Å²) in [4.78, 5) is 0. The highest BCUT2D eigenvalue weighted by molar-refractivity contribution is 5.84. The van der Waals surface area contributed by atoms with E-state index < -0.39 is 0 Å². The molecule has 2 aromatic heterocycles. The molecule has 0 amide bonds. The van der Waals surface area contributed by atoms with E-state index in [0.29, 0.717) is 0 Å². The summed E-state index contributed by atoms with van der Waals surface area (Å²) < 4.78 is 9.35. The fraction of sp³-hybridized carbons (Fsp3) is 0. The third-order valence-electron chi connectivity index (χ3n) is 2.84. The van der Waals surface area contributed by atoms with E-state index in [0.717, 1.165) is 33.2 Å². The third-order valence-corrected chi connectivity index (χ3v) is 2.84. The molecule has 0 fully saturated rings. The quantitative estimate of drug-likeness (QED) is 0.506. The Labute approximate surface area is 100 Å². The van der Waals surface area contributed by atoms with Crippen molar-refractivity contribution >= 4 is 22.1 Å². The average molecular weight is 238 g/mol. The van der Waals surface area contributed by atoms with Crippen LogP contribution in [-0.4, -0.2) is 20.6 Å². The number of rotatable bonds is 1. The highest BCUT2D eigenvalue weighted by Gasteiger charge is 2.06. The molecular weight excluding hydrogens is 232 g/mol. The van der Waals surface area contributed by atoms with E-state index in [4.69, 9.17) is 0 Å². The van der Waals surface area contributed by atoms with Crippen LogP contribution in [0.15, 0.2) is 45.7 Å². The molecule has 0 saturated carbocycles. The predicted octanol–water partition coefficient (Wildman–Crippen LogP) is 2.43. The molecule has 0 aliphatic rings. The summed E-state index contributed by atoms with van der Waals surface area (Å²) in [6.07, 6.45) is 0. The maximum atomic E-state index is 4.68. The number of benzene rings is 2. The van der Waals surface area contributed by atoms with Gasteiger partial charge in [0.1, 0.15) is 22.1 Å². The van der Waals surface area contributed by atoms with Crippen LogP contribution in [0.4, 0.5) is 0 Å². The molecule has 0 aliphatic carbocycles. The third kappa shape index (κ3) is 1.29. The zero-order valence-corrected chi connectivity index (χ0v) is 9.07. The maximum Gasteiger partial charge on any atom is 0.135 e. The molecule has 0 radical (unpaired) electrons. The Morgan fingerprint density at radius 1 is 0.556 bits per heavy atom. The lowest BCUT2D eigenvalue weighted by molar-refractivity contribution is 0.315. The maximum absolute atomic E-state index is 4.68. The number of hydrogen-bond acceptors (Lipinski definition) is 6. The molecule has 0 atom stereocenters. The zero-order chi connectivity index (χ0) is 11.9. The number of fused-ring (bicyclic) bond motifs is 2. The fourth-order valence-corrected chi connectivity index (χ4v) is 1.92. The highest BCUT2D eigenvalue weighted by Crippen LogP contribution is 2.25. The summed E-state index contributed by atoms with van der Waals surface area (Å²) >= 11 is 0. The molecule has 6 nitrogen and oxygen atoms in total. The number of nitrogens with zero attached hydrogens (tertiary/aromatic N) is 4. The molecule has 4 aromatic rings. The molecule has 6 heteroatoms. The van der Waals surface area contributed by atoms with Crippen molar-refractivity contribution in [3.63, 3.8) is 0 Å². The Hall–Kier alpha value is -2.76. The summed E-state index contributed by atoms with van der Waals surface area (Å²) in [5.41, 5.74) is 4.97. The van der Waals surface area contributed by atoms with Crippen LogP contribution in [0.2, 0.25) is 0 Å². The van der Waals surface area contributed by atoms with Crippen molar-refractivity contribution in [3.05, 3.63) is 36.4 Å². The second-order valence-corrected chi connectivity index (χ2v) is 3.94. The Morgan fingerprint density at radius 3 is 1.50 bits per heavy atom. The molecule has 0 spiro atoms. The van der Waals surface area contributed by atoms with Crippen molar-refractivity contribution in [1.29, 1.82) is 0 Å². The lowest BCUT2D eigenvalue weighted by Gasteiger charge is -1.99. The van der Waals surface area contributed by atoms with Gasteiger partial charge in [-0.3, -0.25) is 0 Å². The van der Waals surface area contributed by atoms with Gasteiger partial charge >= 0.3 is 0 Å². The lowest BCUT2D eigenvalue weighted by Crippen LogP contribution is -1.79. The van der Waals surface area contributed by atoms with Crippen LogP contribution in [-0.2, 0) is 0 Å². The van der Waals surface area contributed by atoms with E-state index in [9.17, 15) is 0 Å². The predicted molar refractivity (Wildman–Crippen MR) is 62.6 cm³/mol. The topological polar surface area (TPSA) is 77.8 Å². The van der Waals surface area contributed by atoms with Gasteiger partial charge in [0, 0.05) is 0 Å². The summed E-state index contributed by atoms with van der Waals surface area (Å²) in [5.74, 6) is 0. The summed E-state index contributed by atoms with van der Waals surface area (Å²) in [7, 11) is 0. The standard InChI is InChI=1S/C12H6N4O2/c1-3-9-11(15-17-13-9)5-7(1)8-2-4-10-12(6-8)16-18-14-10/h1-6H. The molecule has 0 saturated heterocycles. The van der Waals surface area contributed by atoms with Gasteiger partial charge in [0.15, 0.2) is 0 Å². The molecule has 0 aliphatic heterocycles. The van der Waals surface area contributed by atoms with Crippen LogP contribution in [0.25, 0.3) is 33.2 Å². The first kappa shape index (κ1) is 9.29. The Kier molecular flexibility index (Phi) is 1.74. The number of hydrogen-bond donors (Lipinski definition) is 0. The van der Waals surface area contributed by atoms with Crippen LogP contribution in [0, 0.1) is 0 Å². The van der Waals surface area contributed by atoms with Crippen molar-refractivity contribution in [3.8, 4) is 11.1 Å². The van der Waals surface area contributed by atoms with Gasteiger partial charge in [0.05, 0.1) is 0 Å². The van der Waals surface area contributed by atoms with Crippen molar-refractivity contribution in [2.45, 2.75) is 0 Å². The molecule has 4 rings (SSSR count). The SMILES string of the molecule is c1cc2nonc2cc1-c1ccc2nonc2c1. The van der Waals surface area contributed by atoms with E-state index >= 15 is 0 Å². The largest absolute Gasteiger partial charge is 0.243 e. The molecule has 0 bridgehead atoms. The van der Waals surface area contributed by atoms with Crippen molar-refractivity contribution in [2.24, 2.45) is 0 Å². The first-order chi connectivity index (χ1) is 8.90. The molecule has 2 aromatic carbocycles. The lowest BCUT2D eigenvalue weighted by atomic mass is 10.0. The van der Waals surface area contributed by atoms with Gasteiger partial charge in [0.2, 0.25) is 0 Å². The zero-order valence-electron chi connectivity index (χ0n) is 9.07. The van der Waals surface area contributed by atoms with Gasteiger partial charge < -0.3 is 0 Å². The number of aromatic nitrogens is 4. The first-order valence-corrected chi connectivity index (χ1v) is 5.35. The molecular formula is C12H6N4O2. The monoisotopic (exact) mass is 238 g/mol. The highest BCUT2D eigenvalue weighted by atomic mass is 16.6.